The number of hydrogen-bond donors (Lipinski definition) is 3. The molecule has 2 aromatic rings. The first-order chi connectivity index (χ1) is 12.3. The van der Waals surface area contributed by atoms with Gasteiger partial charge in [-0.15, -0.1) is 0 Å². The van der Waals surface area contributed by atoms with Crippen molar-refractivity contribution >= 4 is 16.7 Å². The summed E-state index contributed by atoms with van der Waals surface area (Å²) in [5.74, 6) is 0.766. The van der Waals surface area contributed by atoms with Gasteiger partial charge in [0.2, 0.25) is 0 Å². The van der Waals surface area contributed by atoms with Gasteiger partial charge in [-0.05, 0) is 39.1 Å². The van der Waals surface area contributed by atoms with Gasteiger partial charge in [0.1, 0.15) is 25.0 Å². The lowest BCUT2D eigenvalue weighted by molar-refractivity contribution is -0.893. The summed E-state index contributed by atoms with van der Waals surface area (Å²) in [6.45, 7) is 9.69. The molecule has 2 rings (SSSR count). The zero-order valence-electron chi connectivity index (χ0n) is 16.2. The summed E-state index contributed by atoms with van der Waals surface area (Å²) in [4.78, 5) is 13.1. The molecule has 2 atom stereocenters. The smallest absolute Gasteiger partial charge is 0.275 e. The molecule has 0 spiro atoms. The second kappa shape index (κ2) is 9.01. The van der Waals surface area contributed by atoms with Crippen molar-refractivity contribution in [3.8, 4) is 5.75 Å². The van der Waals surface area contributed by atoms with Crippen molar-refractivity contribution in [3.63, 3.8) is 0 Å². The minimum absolute atomic E-state index is 0.00322. The average Bonchev–Trinajstić information content (AvgIpc) is 2.57. The molecule has 1 amide bonds. The van der Waals surface area contributed by atoms with Gasteiger partial charge in [-0.1, -0.05) is 36.4 Å². The van der Waals surface area contributed by atoms with Crippen LogP contribution in [0.2, 0.25) is 0 Å². The van der Waals surface area contributed by atoms with Gasteiger partial charge in [0.05, 0.1) is 6.54 Å². The molecule has 5 heteroatoms. The van der Waals surface area contributed by atoms with Gasteiger partial charge in [0, 0.05) is 10.9 Å². The Morgan fingerprint density at radius 3 is 2.58 bits per heavy atom. The van der Waals surface area contributed by atoms with Crippen molar-refractivity contribution in [2.24, 2.45) is 0 Å². The number of ether oxygens (including phenoxy) is 1. The number of aliphatic hydroxyl groups excluding tert-OH is 1. The van der Waals surface area contributed by atoms with Crippen molar-refractivity contribution < 1.29 is 19.5 Å². The molecule has 2 aromatic carbocycles. The monoisotopic (exact) mass is 359 g/mol. The number of aliphatic hydroxyl groups is 1. The summed E-state index contributed by atoms with van der Waals surface area (Å²) in [5.41, 5.74) is -0.244. The molecule has 0 aliphatic heterocycles. The molecule has 0 bridgehead atoms. The molecule has 142 valence electrons. The summed E-state index contributed by atoms with van der Waals surface area (Å²) in [6.07, 6.45) is -0.633. The Balaban J connectivity index is 1.88. The highest BCUT2D eigenvalue weighted by Crippen LogP contribution is 2.25. The molecule has 1 unspecified atom stereocenters. The van der Waals surface area contributed by atoms with Gasteiger partial charge in [0.15, 0.2) is 6.54 Å². The zero-order valence-corrected chi connectivity index (χ0v) is 16.2. The third-order valence-corrected chi connectivity index (χ3v) is 4.13. The third kappa shape index (κ3) is 6.32. The van der Waals surface area contributed by atoms with Crippen LogP contribution in [0.5, 0.6) is 5.75 Å². The molecule has 0 saturated heterocycles. The van der Waals surface area contributed by atoms with E-state index in [0.717, 1.165) is 28.0 Å². The SMILES string of the molecule is CC[NH+](CC(=O)NC(C)(C)C)C[C@H](O)COc1cccc2ccccc12. The minimum atomic E-state index is -0.633. The second-order valence-electron chi connectivity index (χ2n) is 7.72. The number of hydrogen-bond acceptors (Lipinski definition) is 3. The highest BCUT2D eigenvalue weighted by Gasteiger charge is 2.21. The van der Waals surface area contributed by atoms with Gasteiger partial charge in [-0.2, -0.15) is 0 Å². The lowest BCUT2D eigenvalue weighted by atomic mass is 10.1. The van der Waals surface area contributed by atoms with E-state index in [1.807, 2.05) is 70.2 Å². The fourth-order valence-electron chi connectivity index (χ4n) is 2.93. The van der Waals surface area contributed by atoms with Gasteiger partial charge < -0.3 is 20.1 Å². The Hall–Kier alpha value is -2.11. The third-order valence-electron chi connectivity index (χ3n) is 4.13. The number of nitrogens with one attached hydrogen (secondary N) is 2. The lowest BCUT2D eigenvalue weighted by Gasteiger charge is -2.24. The van der Waals surface area contributed by atoms with Crippen LogP contribution in [0, 0.1) is 0 Å². The summed E-state index contributed by atoms with van der Waals surface area (Å²) >= 11 is 0. The van der Waals surface area contributed by atoms with Gasteiger partial charge in [-0.25, -0.2) is 0 Å². The van der Waals surface area contributed by atoms with Gasteiger partial charge >= 0.3 is 0 Å². The number of rotatable bonds is 8. The number of amides is 1. The van der Waals surface area contributed by atoms with E-state index in [9.17, 15) is 9.90 Å². The molecule has 3 N–H and O–H groups in total. The maximum absolute atomic E-state index is 12.1. The Labute approximate surface area is 156 Å². The Morgan fingerprint density at radius 2 is 1.88 bits per heavy atom. The van der Waals surface area contributed by atoms with Crippen LogP contribution in [0.1, 0.15) is 27.7 Å². The molecular weight excluding hydrogens is 328 g/mol. The molecule has 0 heterocycles. The van der Waals surface area contributed by atoms with E-state index in [1.165, 1.54) is 0 Å². The molecule has 0 saturated carbocycles. The molecule has 0 fully saturated rings. The molecule has 26 heavy (non-hydrogen) atoms. The average molecular weight is 359 g/mol. The maximum atomic E-state index is 12.1. The Bertz CT molecular complexity index is 719. The molecule has 0 radical (unpaired) electrons. The van der Waals surface area contributed by atoms with Crippen LogP contribution in [0.15, 0.2) is 42.5 Å². The normalized spacial score (nSPS) is 14.0. The summed E-state index contributed by atoms with van der Waals surface area (Å²) in [6, 6.07) is 13.9. The van der Waals surface area contributed by atoms with Crippen LogP contribution in [0.3, 0.4) is 0 Å². The molecule has 0 aliphatic rings. The van der Waals surface area contributed by atoms with Crippen molar-refractivity contribution in [2.75, 3.05) is 26.2 Å². The Kier molecular flexibility index (Phi) is 7.00. The van der Waals surface area contributed by atoms with E-state index in [4.69, 9.17) is 4.74 Å². The van der Waals surface area contributed by atoms with E-state index in [1.54, 1.807) is 0 Å². The first-order valence-corrected chi connectivity index (χ1v) is 9.21. The number of likely N-dealkylation sites (N-methyl/N-ethyl adjacent to an activating group) is 1. The quantitative estimate of drug-likeness (QED) is 0.668. The van der Waals surface area contributed by atoms with Crippen molar-refractivity contribution in [1.29, 1.82) is 0 Å². The number of benzene rings is 2. The summed E-state index contributed by atoms with van der Waals surface area (Å²) in [5, 5.41) is 15.5. The predicted molar refractivity (Wildman–Crippen MR) is 105 cm³/mol. The largest absolute Gasteiger partial charge is 0.490 e. The number of carbonyl (C=O) groups excluding carboxylic acids is 1. The van der Waals surface area contributed by atoms with E-state index < -0.39 is 6.10 Å². The maximum Gasteiger partial charge on any atom is 0.275 e. The van der Waals surface area contributed by atoms with E-state index >= 15 is 0 Å². The highest BCUT2D eigenvalue weighted by atomic mass is 16.5. The van der Waals surface area contributed by atoms with Crippen molar-refractivity contribution in [1.82, 2.24) is 5.32 Å². The highest BCUT2D eigenvalue weighted by molar-refractivity contribution is 5.88. The summed E-state index contributed by atoms with van der Waals surface area (Å²) < 4.78 is 5.85. The van der Waals surface area contributed by atoms with Crippen LogP contribution in [-0.4, -0.2) is 48.9 Å². The lowest BCUT2D eigenvalue weighted by Crippen LogP contribution is -3.14. The Morgan fingerprint density at radius 1 is 1.19 bits per heavy atom. The van der Waals surface area contributed by atoms with E-state index in [2.05, 4.69) is 5.32 Å². The fourth-order valence-corrected chi connectivity index (χ4v) is 2.93. The standard InChI is InChI=1S/C21H30N2O3/c1-5-23(14-20(25)22-21(2,3)4)13-17(24)15-26-19-12-8-10-16-9-6-7-11-18(16)19/h6-12,17,24H,5,13-15H2,1-4H3,(H,22,25)/p+1/t17-/m0/s1. The van der Waals surface area contributed by atoms with Crippen LogP contribution < -0.4 is 15.0 Å². The molecule has 5 nitrogen and oxygen atoms in total. The molecule has 0 aromatic heterocycles. The first kappa shape index (κ1) is 20.2. The summed E-state index contributed by atoms with van der Waals surface area (Å²) in [7, 11) is 0. The van der Waals surface area contributed by atoms with Crippen molar-refractivity contribution in [3.05, 3.63) is 42.5 Å². The number of carbonyl (C=O) groups is 1. The van der Waals surface area contributed by atoms with E-state index in [0.29, 0.717) is 13.1 Å². The van der Waals surface area contributed by atoms with Gasteiger partial charge in [-0.3, -0.25) is 4.79 Å². The van der Waals surface area contributed by atoms with Gasteiger partial charge in [0.25, 0.3) is 5.91 Å². The molecule has 0 aliphatic carbocycles. The van der Waals surface area contributed by atoms with E-state index in [-0.39, 0.29) is 18.1 Å². The van der Waals surface area contributed by atoms with Crippen LogP contribution in [0.4, 0.5) is 0 Å². The topological polar surface area (TPSA) is 63.0 Å². The molecular formula is C21H31N2O3+. The minimum Gasteiger partial charge on any atom is -0.490 e. The van der Waals surface area contributed by atoms with Crippen LogP contribution in [0.25, 0.3) is 10.8 Å². The number of fused-ring (bicyclic) bond motifs is 1. The second-order valence-corrected chi connectivity index (χ2v) is 7.72. The fraction of sp³-hybridized carbons (Fsp3) is 0.476. The zero-order chi connectivity index (χ0) is 19.2. The van der Waals surface area contributed by atoms with Crippen molar-refractivity contribution in [2.45, 2.75) is 39.3 Å². The van der Waals surface area contributed by atoms with Crippen LogP contribution in [-0.2, 0) is 4.79 Å². The van der Waals surface area contributed by atoms with Crippen LogP contribution >= 0.6 is 0 Å². The first-order valence-electron chi connectivity index (χ1n) is 9.21. The number of quaternary nitrogens is 1. The predicted octanol–water partition coefficient (Wildman–Crippen LogP) is 1.40.